The largest absolute Gasteiger partial charge is 0.375 e. The third-order valence-electron chi connectivity index (χ3n) is 4.83. The molecule has 1 fully saturated rings. The molecule has 134 valence electrons. The van der Waals surface area contributed by atoms with E-state index in [9.17, 15) is 4.79 Å². The van der Waals surface area contributed by atoms with E-state index in [0.29, 0.717) is 30.4 Å². The Hall–Kier alpha value is -1.92. The summed E-state index contributed by atoms with van der Waals surface area (Å²) in [6.45, 7) is 6.00. The van der Waals surface area contributed by atoms with E-state index in [1.165, 1.54) is 28.9 Å². The van der Waals surface area contributed by atoms with E-state index in [2.05, 4.69) is 46.4 Å². The van der Waals surface area contributed by atoms with Gasteiger partial charge in [0.2, 0.25) is 5.91 Å². The predicted molar refractivity (Wildman–Crippen MR) is 103 cm³/mol. The number of hydrogen-bond acceptors (Lipinski definition) is 5. The molecule has 1 aliphatic heterocycles. The first-order chi connectivity index (χ1) is 12.1. The molecule has 1 aromatic heterocycles. The van der Waals surface area contributed by atoms with E-state index in [1.807, 2.05) is 5.38 Å². The normalized spacial score (nSPS) is 17.7. The molecule has 6 heteroatoms. The van der Waals surface area contributed by atoms with Gasteiger partial charge in [-0.15, -0.1) is 11.3 Å². The molecule has 3 rings (SSSR count). The van der Waals surface area contributed by atoms with E-state index >= 15 is 0 Å². The fourth-order valence-corrected chi connectivity index (χ4v) is 4.05. The van der Waals surface area contributed by atoms with Crippen molar-refractivity contribution in [1.29, 1.82) is 0 Å². The molecule has 0 aliphatic carbocycles. The molecule has 1 atom stereocenters. The SMILES string of the molecule is Cc1ccccc1[C@H]1CCN(CCNC(=O)CCc2csc(N)n2)C1. The molecule has 0 unspecified atom stereocenters. The van der Waals surface area contributed by atoms with Crippen molar-refractivity contribution in [1.82, 2.24) is 15.2 Å². The molecule has 2 aromatic rings. The van der Waals surface area contributed by atoms with Gasteiger partial charge in [-0.1, -0.05) is 24.3 Å². The van der Waals surface area contributed by atoms with E-state index in [-0.39, 0.29) is 5.91 Å². The number of hydrogen-bond donors (Lipinski definition) is 2. The van der Waals surface area contributed by atoms with Crippen LogP contribution in [0.2, 0.25) is 0 Å². The molecule has 25 heavy (non-hydrogen) atoms. The molecular formula is C19H26N4OS. The number of thiazole rings is 1. The van der Waals surface area contributed by atoms with Crippen molar-refractivity contribution >= 4 is 22.4 Å². The number of anilines is 1. The van der Waals surface area contributed by atoms with Gasteiger partial charge in [0.25, 0.3) is 0 Å². The van der Waals surface area contributed by atoms with Crippen LogP contribution >= 0.6 is 11.3 Å². The monoisotopic (exact) mass is 358 g/mol. The first-order valence-corrected chi connectivity index (χ1v) is 9.74. The topological polar surface area (TPSA) is 71.2 Å². The van der Waals surface area contributed by atoms with Crippen LogP contribution < -0.4 is 11.1 Å². The molecule has 2 heterocycles. The van der Waals surface area contributed by atoms with Crippen molar-refractivity contribution in [2.24, 2.45) is 0 Å². The number of carbonyl (C=O) groups excluding carboxylic acids is 1. The zero-order valence-electron chi connectivity index (χ0n) is 14.7. The quantitative estimate of drug-likeness (QED) is 0.798. The minimum Gasteiger partial charge on any atom is -0.375 e. The van der Waals surface area contributed by atoms with Gasteiger partial charge in [-0.05, 0) is 43.4 Å². The summed E-state index contributed by atoms with van der Waals surface area (Å²) in [6.07, 6.45) is 2.32. The minimum absolute atomic E-state index is 0.0845. The molecule has 5 nitrogen and oxygen atoms in total. The predicted octanol–water partition coefficient (Wildman–Crippen LogP) is 2.57. The van der Waals surface area contributed by atoms with Gasteiger partial charge in [0.15, 0.2) is 5.13 Å². The lowest BCUT2D eigenvalue weighted by Crippen LogP contribution is -2.33. The van der Waals surface area contributed by atoms with Crippen LogP contribution in [0.5, 0.6) is 0 Å². The summed E-state index contributed by atoms with van der Waals surface area (Å²) >= 11 is 1.42. The summed E-state index contributed by atoms with van der Waals surface area (Å²) in [5.74, 6) is 0.702. The maximum atomic E-state index is 11.9. The Balaban J connectivity index is 1.35. The standard InChI is InChI=1S/C19H26N4OS/c1-14-4-2-3-5-17(14)15-8-10-23(12-15)11-9-21-18(24)7-6-16-13-25-19(20)22-16/h2-5,13,15H,6-12H2,1H3,(H2,20,22)(H,21,24)/t15-/m0/s1. The zero-order valence-corrected chi connectivity index (χ0v) is 15.5. The third-order valence-corrected chi connectivity index (χ3v) is 5.55. The second kappa shape index (κ2) is 8.45. The number of carbonyl (C=O) groups is 1. The zero-order chi connectivity index (χ0) is 17.6. The van der Waals surface area contributed by atoms with Gasteiger partial charge in [0, 0.05) is 31.4 Å². The number of nitrogens with one attached hydrogen (secondary N) is 1. The van der Waals surface area contributed by atoms with Crippen LogP contribution in [0.4, 0.5) is 5.13 Å². The molecule has 0 spiro atoms. The molecule has 0 saturated carbocycles. The van der Waals surface area contributed by atoms with Crippen LogP contribution in [0.25, 0.3) is 0 Å². The second-order valence-electron chi connectivity index (χ2n) is 6.67. The minimum atomic E-state index is 0.0845. The molecule has 3 N–H and O–H groups in total. The number of nitrogen functional groups attached to an aromatic ring is 1. The Bertz CT molecular complexity index is 715. The average Bonchev–Trinajstić information content (AvgIpc) is 3.22. The Morgan fingerprint density at radius 1 is 1.44 bits per heavy atom. The number of nitrogens with two attached hydrogens (primary N) is 1. The molecule has 0 radical (unpaired) electrons. The van der Waals surface area contributed by atoms with Gasteiger partial charge < -0.3 is 16.0 Å². The number of benzene rings is 1. The highest BCUT2D eigenvalue weighted by Crippen LogP contribution is 2.28. The molecular weight excluding hydrogens is 332 g/mol. The highest BCUT2D eigenvalue weighted by molar-refractivity contribution is 7.13. The Kier molecular flexibility index (Phi) is 6.04. The van der Waals surface area contributed by atoms with Crippen LogP contribution in [-0.4, -0.2) is 42.0 Å². The summed E-state index contributed by atoms with van der Waals surface area (Å²) < 4.78 is 0. The van der Waals surface area contributed by atoms with Crippen molar-refractivity contribution in [2.75, 3.05) is 31.9 Å². The number of rotatable bonds is 7. The Morgan fingerprint density at radius 2 is 2.28 bits per heavy atom. The lowest BCUT2D eigenvalue weighted by molar-refractivity contribution is -0.121. The number of amides is 1. The third kappa shape index (κ3) is 5.03. The Morgan fingerprint density at radius 3 is 3.04 bits per heavy atom. The lowest BCUT2D eigenvalue weighted by atomic mass is 9.94. The van der Waals surface area contributed by atoms with Crippen LogP contribution in [0.3, 0.4) is 0 Å². The Labute approximate surface area is 153 Å². The van der Waals surface area contributed by atoms with Crippen molar-refractivity contribution in [2.45, 2.75) is 32.1 Å². The second-order valence-corrected chi connectivity index (χ2v) is 7.56. The summed E-state index contributed by atoms with van der Waals surface area (Å²) in [6, 6.07) is 8.66. The number of aromatic nitrogens is 1. The van der Waals surface area contributed by atoms with E-state index < -0.39 is 0 Å². The van der Waals surface area contributed by atoms with Crippen LogP contribution in [-0.2, 0) is 11.2 Å². The average molecular weight is 359 g/mol. The molecule has 1 aliphatic rings. The smallest absolute Gasteiger partial charge is 0.220 e. The van der Waals surface area contributed by atoms with Gasteiger partial charge in [-0.25, -0.2) is 4.98 Å². The summed E-state index contributed by atoms with van der Waals surface area (Å²) in [5, 5.41) is 5.49. The number of nitrogens with zero attached hydrogens (tertiary/aromatic N) is 2. The fourth-order valence-electron chi connectivity index (χ4n) is 3.46. The molecule has 1 saturated heterocycles. The first-order valence-electron chi connectivity index (χ1n) is 8.86. The number of aryl methyl sites for hydroxylation is 2. The van der Waals surface area contributed by atoms with E-state index in [0.717, 1.165) is 25.3 Å². The fraction of sp³-hybridized carbons (Fsp3) is 0.474. The van der Waals surface area contributed by atoms with Gasteiger partial charge >= 0.3 is 0 Å². The molecule has 0 bridgehead atoms. The van der Waals surface area contributed by atoms with Gasteiger partial charge in [-0.2, -0.15) is 0 Å². The lowest BCUT2D eigenvalue weighted by Gasteiger charge is -2.17. The van der Waals surface area contributed by atoms with Crippen LogP contribution in [0, 0.1) is 6.92 Å². The van der Waals surface area contributed by atoms with E-state index in [1.54, 1.807) is 0 Å². The summed E-state index contributed by atoms with van der Waals surface area (Å²) in [4.78, 5) is 18.6. The number of likely N-dealkylation sites (tertiary alicyclic amines) is 1. The highest BCUT2D eigenvalue weighted by Gasteiger charge is 2.24. The van der Waals surface area contributed by atoms with Crippen molar-refractivity contribution in [3.8, 4) is 0 Å². The molecule has 1 amide bonds. The van der Waals surface area contributed by atoms with Gasteiger partial charge in [-0.3, -0.25) is 4.79 Å². The maximum Gasteiger partial charge on any atom is 0.220 e. The molecule has 1 aromatic carbocycles. The summed E-state index contributed by atoms with van der Waals surface area (Å²) in [7, 11) is 0. The van der Waals surface area contributed by atoms with Crippen molar-refractivity contribution in [3.63, 3.8) is 0 Å². The van der Waals surface area contributed by atoms with Crippen molar-refractivity contribution in [3.05, 3.63) is 46.5 Å². The highest BCUT2D eigenvalue weighted by atomic mass is 32.1. The maximum absolute atomic E-state index is 11.9. The van der Waals surface area contributed by atoms with E-state index in [4.69, 9.17) is 5.73 Å². The summed E-state index contributed by atoms with van der Waals surface area (Å²) in [5.41, 5.74) is 9.35. The van der Waals surface area contributed by atoms with Crippen LogP contribution in [0.15, 0.2) is 29.6 Å². The first kappa shape index (κ1) is 17.9. The van der Waals surface area contributed by atoms with Gasteiger partial charge in [0.1, 0.15) is 0 Å². The van der Waals surface area contributed by atoms with Gasteiger partial charge in [0.05, 0.1) is 5.69 Å². The van der Waals surface area contributed by atoms with Crippen molar-refractivity contribution < 1.29 is 4.79 Å². The van der Waals surface area contributed by atoms with Crippen LogP contribution in [0.1, 0.15) is 35.6 Å².